The van der Waals surface area contributed by atoms with Crippen molar-refractivity contribution in [2.24, 2.45) is 0 Å². The number of hydrogen-bond donors (Lipinski definition) is 1. The van der Waals surface area contributed by atoms with Gasteiger partial charge in [-0.05, 0) is 43.7 Å². The fourth-order valence-corrected chi connectivity index (χ4v) is 2.57. The highest BCUT2D eigenvalue weighted by Crippen LogP contribution is 2.32. The first kappa shape index (κ1) is 18.4. The average molecular weight is 368 g/mol. The molecule has 1 N–H and O–H groups in total. The Balaban J connectivity index is 1.60. The third-order valence-corrected chi connectivity index (χ3v) is 3.95. The summed E-state index contributed by atoms with van der Waals surface area (Å²) in [7, 11) is 0. The summed E-state index contributed by atoms with van der Waals surface area (Å²) >= 11 is 0. The lowest BCUT2D eigenvalue weighted by atomic mass is 10.2. The molecule has 2 aromatic carbocycles. The molecule has 0 radical (unpaired) electrons. The first-order chi connectivity index (χ1) is 13.1. The number of ether oxygens (including phenoxy) is 4. The van der Waals surface area contributed by atoms with Gasteiger partial charge in [0.2, 0.25) is 6.79 Å². The maximum Gasteiger partial charge on any atom is 0.261 e. The molecule has 0 aliphatic carbocycles. The van der Waals surface area contributed by atoms with Gasteiger partial charge in [0.1, 0.15) is 0 Å². The third kappa shape index (κ3) is 4.42. The molecule has 1 amide bonds. The summed E-state index contributed by atoms with van der Waals surface area (Å²) in [5.74, 6) is 1.96. The van der Waals surface area contributed by atoms with E-state index in [0.717, 1.165) is 5.56 Å². The summed E-state index contributed by atoms with van der Waals surface area (Å²) in [5, 5.41) is 11.8. The maximum atomic E-state index is 12.4. The van der Waals surface area contributed by atoms with Crippen molar-refractivity contribution in [3.8, 4) is 29.1 Å². The predicted molar refractivity (Wildman–Crippen MR) is 96.8 cm³/mol. The number of nitrogens with zero attached hydrogens (tertiary/aromatic N) is 1. The molecule has 27 heavy (non-hydrogen) atoms. The van der Waals surface area contributed by atoms with Crippen LogP contribution in [0.5, 0.6) is 23.0 Å². The molecule has 0 aromatic heterocycles. The standard InChI is InChI=1S/C20H20N2O5/c1-3-24-19-8-14(10-21)4-7-17(19)27-13(2)20(23)22-11-15-5-6-16-18(9-15)26-12-25-16/h4-9,13H,3,11-12H2,1-2H3,(H,22,23). The lowest BCUT2D eigenvalue weighted by molar-refractivity contribution is -0.127. The van der Waals surface area contributed by atoms with Crippen LogP contribution in [-0.4, -0.2) is 25.4 Å². The fraction of sp³-hybridized carbons (Fsp3) is 0.300. The Morgan fingerprint density at radius 1 is 1.22 bits per heavy atom. The van der Waals surface area contributed by atoms with Crippen LogP contribution in [0.15, 0.2) is 36.4 Å². The van der Waals surface area contributed by atoms with Gasteiger partial charge in [-0.2, -0.15) is 5.26 Å². The van der Waals surface area contributed by atoms with Crippen LogP contribution < -0.4 is 24.3 Å². The lowest BCUT2D eigenvalue weighted by Crippen LogP contribution is -2.36. The summed E-state index contributed by atoms with van der Waals surface area (Å²) < 4.78 is 21.8. The molecule has 2 aromatic rings. The van der Waals surface area contributed by atoms with Crippen molar-refractivity contribution in [2.75, 3.05) is 13.4 Å². The van der Waals surface area contributed by atoms with Crippen LogP contribution in [0.4, 0.5) is 0 Å². The number of rotatable bonds is 7. The van der Waals surface area contributed by atoms with E-state index in [-0.39, 0.29) is 12.7 Å². The molecule has 0 saturated heterocycles. The molecule has 1 unspecified atom stereocenters. The molecule has 1 atom stereocenters. The zero-order valence-corrected chi connectivity index (χ0v) is 15.2. The van der Waals surface area contributed by atoms with Gasteiger partial charge in [-0.1, -0.05) is 6.07 Å². The van der Waals surface area contributed by atoms with Crippen LogP contribution in [0.3, 0.4) is 0 Å². The number of fused-ring (bicyclic) bond motifs is 1. The number of carbonyl (C=O) groups is 1. The first-order valence-corrected chi connectivity index (χ1v) is 8.60. The lowest BCUT2D eigenvalue weighted by Gasteiger charge is -2.17. The molecule has 0 fully saturated rings. The SMILES string of the molecule is CCOc1cc(C#N)ccc1OC(C)C(=O)NCc1ccc2c(c1)OCO2. The number of benzene rings is 2. The highest BCUT2D eigenvalue weighted by atomic mass is 16.7. The van der Waals surface area contributed by atoms with Crippen LogP contribution in [-0.2, 0) is 11.3 Å². The topological polar surface area (TPSA) is 89.8 Å². The van der Waals surface area contributed by atoms with Crippen molar-refractivity contribution < 1.29 is 23.7 Å². The van der Waals surface area contributed by atoms with Crippen LogP contribution in [0.1, 0.15) is 25.0 Å². The van der Waals surface area contributed by atoms with Crippen LogP contribution in [0.25, 0.3) is 0 Å². The minimum Gasteiger partial charge on any atom is -0.490 e. The molecule has 7 nitrogen and oxygen atoms in total. The van der Waals surface area contributed by atoms with Gasteiger partial charge in [0.05, 0.1) is 18.2 Å². The predicted octanol–water partition coefficient (Wildman–Crippen LogP) is 2.77. The Morgan fingerprint density at radius 2 is 2.04 bits per heavy atom. The van der Waals surface area contributed by atoms with Gasteiger partial charge in [-0.15, -0.1) is 0 Å². The Morgan fingerprint density at radius 3 is 2.81 bits per heavy atom. The van der Waals surface area contributed by atoms with Gasteiger partial charge >= 0.3 is 0 Å². The van der Waals surface area contributed by atoms with Gasteiger partial charge in [-0.3, -0.25) is 4.79 Å². The summed E-state index contributed by atoms with van der Waals surface area (Å²) in [4.78, 5) is 12.4. The smallest absolute Gasteiger partial charge is 0.261 e. The molecule has 0 spiro atoms. The monoisotopic (exact) mass is 368 g/mol. The molecule has 0 bridgehead atoms. The molecular formula is C20H20N2O5. The largest absolute Gasteiger partial charge is 0.490 e. The van der Waals surface area contributed by atoms with Crippen LogP contribution in [0.2, 0.25) is 0 Å². The van der Waals surface area contributed by atoms with E-state index < -0.39 is 6.10 Å². The van der Waals surface area contributed by atoms with E-state index in [1.165, 1.54) is 0 Å². The highest BCUT2D eigenvalue weighted by molar-refractivity contribution is 5.80. The number of carbonyl (C=O) groups excluding carboxylic acids is 1. The molecular weight excluding hydrogens is 348 g/mol. The minimum absolute atomic E-state index is 0.211. The number of nitrogens with one attached hydrogen (secondary N) is 1. The Hall–Kier alpha value is -3.40. The zero-order chi connectivity index (χ0) is 19.2. The van der Waals surface area contributed by atoms with Crippen molar-refractivity contribution >= 4 is 5.91 Å². The highest BCUT2D eigenvalue weighted by Gasteiger charge is 2.18. The second-order valence-corrected chi connectivity index (χ2v) is 5.87. The number of amides is 1. The Bertz CT molecular complexity index is 875. The van der Waals surface area contributed by atoms with Gasteiger partial charge in [0, 0.05) is 12.6 Å². The Labute approximate surface area is 157 Å². The summed E-state index contributed by atoms with van der Waals surface area (Å²) in [5.41, 5.74) is 1.36. The van der Waals surface area contributed by atoms with Gasteiger partial charge in [0.25, 0.3) is 5.91 Å². The molecule has 3 rings (SSSR count). The molecule has 1 aliphatic rings. The number of hydrogen-bond acceptors (Lipinski definition) is 6. The Kier molecular flexibility index (Phi) is 5.67. The maximum absolute atomic E-state index is 12.4. The van der Waals surface area contributed by atoms with Crippen molar-refractivity contribution in [3.05, 3.63) is 47.5 Å². The first-order valence-electron chi connectivity index (χ1n) is 8.60. The van der Waals surface area contributed by atoms with Crippen molar-refractivity contribution in [1.29, 1.82) is 5.26 Å². The molecule has 140 valence electrons. The third-order valence-electron chi connectivity index (χ3n) is 3.95. The van der Waals surface area contributed by atoms with Gasteiger partial charge in [-0.25, -0.2) is 0 Å². The molecule has 1 heterocycles. The van der Waals surface area contributed by atoms with E-state index in [1.807, 2.05) is 25.1 Å². The van der Waals surface area contributed by atoms with Crippen LogP contribution in [0, 0.1) is 11.3 Å². The minimum atomic E-state index is -0.730. The van der Waals surface area contributed by atoms with Crippen molar-refractivity contribution in [1.82, 2.24) is 5.32 Å². The second kappa shape index (κ2) is 8.32. The summed E-state index contributed by atoms with van der Waals surface area (Å²) in [6, 6.07) is 12.4. The van der Waals surface area contributed by atoms with Crippen molar-refractivity contribution in [3.63, 3.8) is 0 Å². The van der Waals surface area contributed by atoms with E-state index in [0.29, 0.717) is 41.7 Å². The normalized spacial score (nSPS) is 12.8. The quantitative estimate of drug-likeness (QED) is 0.808. The molecule has 1 aliphatic heterocycles. The van der Waals surface area contributed by atoms with E-state index in [1.54, 1.807) is 25.1 Å². The fourth-order valence-electron chi connectivity index (χ4n) is 2.57. The summed E-state index contributed by atoms with van der Waals surface area (Å²) in [6.45, 7) is 4.47. The summed E-state index contributed by atoms with van der Waals surface area (Å²) in [6.07, 6.45) is -0.730. The van der Waals surface area contributed by atoms with Gasteiger partial charge in [0.15, 0.2) is 29.1 Å². The second-order valence-electron chi connectivity index (χ2n) is 5.87. The van der Waals surface area contributed by atoms with E-state index >= 15 is 0 Å². The zero-order valence-electron chi connectivity index (χ0n) is 15.2. The van der Waals surface area contributed by atoms with E-state index in [9.17, 15) is 4.79 Å². The van der Waals surface area contributed by atoms with E-state index in [2.05, 4.69) is 11.4 Å². The average Bonchev–Trinajstić information content (AvgIpc) is 3.15. The van der Waals surface area contributed by atoms with E-state index in [4.69, 9.17) is 24.2 Å². The number of nitriles is 1. The molecule has 7 heteroatoms. The van der Waals surface area contributed by atoms with Crippen LogP contribution >= 0.6 is 0 Å². The van der Waals surface area contributed by atoms with Gasteiger partial charge < -0.3 is 24.3 Å². The van der Waals surface area contributed by atoms with Crippen molar-refractivity contribution in [2.45, 2.75) is 26.5 Å². The molecule has 0 saturated carbocycles.